The van der Waals surface area contributed by atoms with Gasteiger partial charge in [0.1, 0.15) is 0 Å². The van der Waals surface area contributed by atoms with Crippen LogP contribution >= 0.6 is 0 Å². The third kappa shape index (κ3) is 4.64. The van der Waals surface area contributed by atoms with E-state index in [2.05, 4.69) is 10.6 Å². The fraction of sp³-hybridized carbons (Fsp3) is 0.923. The lowest BCUT2D eigenvalue weighted by Gasteiger charge is -2.17. The number of hydrogen-bond acceptors (Lipinski definition) is 3. The van der Waals surface area contributed by atoms with Gasteiger partial charge in [0.05, 0.1) is 13.2 Å². The quantitative estimate of drug-likeness (QED) is 0.726. The van der Waals surface area contributed by atoms with Gasteiger partial charge in [-0.05, 0) is 19.3 Å². The van der Waals surface area contributed by atoms with Crippen LogP contribution in [0.5, 0.6) is 0 Å². The third-order valence-corrected chi connectivity index (χ3v) is 3.70. The van der Waals surface area contributed by atoms with Crippen molar-refractivity contribution in [2.24, 2.45) is 0 Å². The number of rotatable bonds is 4. The van der Waals surface area contributed by atoms with Crippen molar-refractivity contribution >= 4 is 5.91 Å². The molecule has 1 amide bonds. The van der Waals surface area contributed by atoms with Gasteiger partial charge in [-0.2, -0.15) is 0 Å². The molecule has 2 aliphatic rings. The summed E-state index contributed by atoms with van der Waals surface area (Å²) in [5, 5.41) is 6.39. The maximum absolute atomic E-state index is 11.8. The van der Waals surface area contributed by atoms with E-state index in [0.29, 0.717) is 18.6 Å². The minimum absolute atomic E-state index is 0.142. The molecule has 1 aliphatic heterocycles. The van der Waals surface area contributed by atoms with Gasteiger partial charge >= 0.3 is 0 Å². The van der Waals surface area contributed by atoms with E-state index in [1.807, 2.05) is 0 Å². The minimum atomic E-state index is 0.142. The van der Waals surface area contributed by atoms with Crippen LogP contribution in [0.3, 0.4) is 0 Å². The van der Waals surface area contributed by atoms with Crippen molar-refractivity contribution in [1.82, 2.24) is 10.6 Å². The first kappa shape index (κ1) is 12.8. The molecule has 4 nitrogen and oxygen atoms in total. The predicted octanol–water partition coefficient (Wildman–Crippen LogP) is 1.20. The largest absolute Gasteiger partial charge is 0.380 e. The maximum Gasteiger partial charge on any atom is 0.234 e. The first-order chi connectivity index (χ1) is 8.34. The lowest BCUT2D eigenvalue weighted by atomic mass is 10.1. The molecule has 98 valence electrons. The molecule has 1 aliphatic carbocycles. The zero-order chi connectivity index (χ0) is 11.9. The summed E-state index contributed by atoms with van der Waals surface area (Å²) in [4.78, 5) is 11.8. The molecule has 1 saturated heterocycles. The van der Waals surface area contributed by atoms with Crippen LogP contribution in [0.2, 0.25) is 0 Å². The number of carbonyl (C=O) groups is 1. The van der Waals surface area contributed by atoms with Gasteiger partial charge in [-0.3, -0.25) is 4.79 Å². The van der Waals surface area contributed by atoms with Crippen molar-refractivity contribution in [3.05, 3.63) is 0 Å². The van der Waals surface area contributed by atoms with Gasteiger partial charge in [-0.1, -0.05) is 25.7 Å². The second-order valence-electron chi connectivity index (χ2n) is 5.20. The smallest absolute Gasteiger partial charge is 0.234 e. The van der Waals surface area contributed by atoms with E-state index in [1.54, 1.807) is 0 Å². The van der Waals surface area contributed by atoms with Crippen LogP contribution in [0, 0.1) is 0 Å². The number of hydrogen-bond donors (Lipinski definition) is 2. The lowest BCUT2D eigenvalue weighted by molar-refractivity contribution is -0.121. The van der Waals surface area contributed by atoms with Crippen LogP contribution in [0.15, 0.2) is 0 Å². The first-order valence-electron chi connectivity index (χ1n) is 6.95. The zero-order valence-electron chi connectivity index (χ0n) is 10.5. The Hall–Kier alpha value is -0.610. The number of ether oxygens (including phenoxy) is 1. The predicted molar refractivity (Wildman–Crippen MR) is 66.9 cm³/mol. The Morgan fingerprint density at radius 2 is 1.82 bits per heavy atom. The highest BCUT2D eigenvalue weighted by Gasteiger charge is 2.18. The van der Waals surface area contributed by atoms with Crippen LogP contribution in [0.4, 0.5) is 0 Å². The molecule has 4 heteroatoms. The summed E-state index contributed by atoms with van der Waals surface area (Å²) < 4.78 is 5.26. The van der Waals surface area contributed by atoms with Crippen molar-refractivity contribution in [2.75, 3.05) is 19.8 Å². The van der Waals surface area contributed by atoms with E-state index >= 15 is 0 Å². The standard InChI is InChI=1S/C13H24N2O2/c16-13(9-14-12-7-8-17-10-12)15-11-5-3-1-2-4-6-11/h11-12,14H,1-10H2,(H,15,16). The highest BCUT2D eigenvalue weighted by Crippen LogP contribution is 2.16. The van der Waals surface area contributed by atoms with Gasteiger partial charge in [0.25, 0.3) is 0 Å². The Labute approximate surface area is 103 Å². The summed E-state index contributed by atoms with van der Waals surface area (Å²) in [5.74, 6) is 0.142. The summed E-state index contributed by atoms with van der Waals surface area (Å²) in [6.45, 7) is 2.00. The fourth-order valence-electron chi connectivity index (χ4n) is 2.63. The summed E-state index contributed by atoms with van der Waals surface area (Å²) in [5.41, 5.74) is 0. The van der Waals surface area contributed by atoms with Gasteiger partial charge in [0.2, 0.25) is 5.91 Å². The highest BCUT2D eigenvalue weighted by atomic mass is 16.5. The van der Waals surface area contributed by atoms with Crippen LogP contribution in [0.25, 0.3) is 0 Å². The maximum atomic E-state index is 11.8. The van der Waals surface area contributed by atoms with E-state index in [4.69, 9.17) is 4.74 Å². The summed E-state index contributed by atoms with van der Waals surface area (Å²) in [6.07, 6.45) is 8.49. The third-order valence-electron chi connectivity index (χ3n) is 3.70. The molecular weight excluding hydrogens is 216 g/mol. The Kier molecular flexibility index (Phi) is 5.26. The molecule has 2 N–H and O–H groups in total. The second-order valence-corrected chi connectivity index (χ2v) is 5.20. The lowest BCUT2D eigenvalue weighted by Crippen LogP contribution is -2.43. The van der Waals surface area contributed by atoms with E-state index in [0.717, 1.165) is 32.5 Å². The average molecular weight is 240 g/mol. The van der Waals surface area contributed by atoms with Gasteiger partial charge in [0.15, 0.2) is 0 Å². The molecule has 0 radical (unpaired) electrons. The SMILES string of the molecule is O=C(CNC1CCOC1)NC1CCCCCC1. The van der Waals surface area contributed by atoms with Crippen LogP contribution in [-0.4, -0.2) is 37.7 Å². The van der Waals surface area contributed by atoms with Gasteiger partial charge in [-0.15, -0.1) is 0 Å². The monoisotopic (exact) mass is 240 g/mol. The van der Waals surface area contributed by atoms with Crippen LogP contribution < -0.4 is 10.6 Å². The number of nitrogens with one attached hydrogen (secondary N) is 2. The summed E-state index contributed by atoms with van der Waals surface area (Å²) in [7, 11) is 0. The van der Waals surface area contributed by atoms with Crippen molar-refractivity contribution < 1.29 is 9.53 Å². The van der Waals surface area contributed by atoms with E-state index in [1.165, 1.54) is 25.7 Å². The summed E-state index contributed by atoms with van der Waals surface area (Å²) in [6, 6.07) is 0.779. The fourth-order valence-corrected chi connectivity index (χ4v) is 2.63. The molecule has 1 heterocycles. The van der Waals surface area contributed by atoms with Gasteiger partial charge < -0.3 is 15.4 Å². The van der Waals surface area contributed by atoms with Crippen molar-refractivity contribution in [3.63, 3.8) is 0 Å². The second kappa shape index (κ2) is 6.97. The summed E-state index contributed by atoms with van der Waals surface area (Å²) >= 11 is 0. The van der Waals surface area contributed by atoms with E-state index in [9.17, 15) is 4.79 Å². The molecule has 2 rings (SSSR count). The molecule has 17 heavy (non-hydrogen) atoms. The molecule has 0 spiro atoms. The average Bonchev–Trinajstić information content (AvgIpc) is 2.72. The molecule has 0 aromatic rings. The normalized spacial score (nSPS) is 26.7. The highest BCUT2D eigenvalue weighted by molar-refractivity contribution is 5.78. The van der Waals surface area contributed by atoms with Crippen LogP contribution in [0.1, 0.15) is 44.9 Å². The molecule has 2 fully saturated rings. The molecule has 1 atom stereocenters. The topological polar surface area (TPSA) is 50.4 Å². The van der Waals surface area contributed by atoms with E-state index in [-0.39, 0.29) is 5.91 Å². The minimum Gasteiger partial charge on any atom is -0.380 e. The Bertz CT molecular complexity index is 232. The van der Waals surface area contributed by atoms with Crippen molar-refractivity contribution in [2.45, 2.75) is 57.0 Å². The van der Waals surface area contributed by atoms with Crippen molar-refractivity contribution in [3.8, 4) is 0 Å². The van der Waals surface area contributed by atoms with Crippen LogP contribution in [-0.2, 0) is 9.53 Å². The number of amides is 1. The molecule has 1 unspecified atom stereocenters. The van der Waals surface area contributed by atoms with E-state index < -0.39 is 0 Å². The zero-order valence-corrected chi connectivity index (χ0v) is 10.5. The molecule has 1 saturated carbocycles. The molecule has 0 aromatic heterocycles. The number of carbonyl (C=O) groups excluding carboxylic acids is 1. The van der Waals surface area contributed by atoms with Crippen molar-refractivity contribution in [1.29, 1.82) is 0 Å². The van der Waals surface area contributed by atoms with Gasteiger partial charge in [0, 0.05) is 18.7 Å². The molecule has 0 bridgehead atoms. The van der Waals surface area contributed by atoms with Gasteiger partial charge in [-0.25, -0.2) is 0 Å². The Morgan fingerprint density at radius 3 is 2.47 bits per heavy atom. The first-order valence-corrected chi connectivity index (χ1v) is 6.95. The molecule has 0 aromatic carbocycles. The molecular formula is C13H24N2O2. The Balaban J connectivity index is 1.61. The Morgan fingerprint density at radius 1 is 1.06 bits per heavy atom.